The summed E-state index contributed by atoms with van der Waals surface area (Å²) in [6, 6.07) is 9.70. The molecule has 1 atom stereocenters. The highest BCUT2D eigenvalue weighted by molar-refractivity contribution is 5.77. The molecule has 0 amide bonds. The molecule has 0 saturated carbocycles. The fraction of sp³-hybridized carbons (Fsp3) is 0.286. The van der Waals surface area contributed by atoms with E-state index in [9.17, 15) is 5.11 Å². The standard InChI is InChI=1S/C14H16O2/c1-2-3-4-8-12(15)14-10-11-7-5-6-9-13(11)16-14/h2,5-7,9-10,12,15H,1,3-4,8H2. The Hall–Kier alpha value is -1.54. The molecule has 0 spiro atoms. The van der Waals surface area contributed by atoms with Crippen molar-refractivity contribution in [2.24, 2.45) is 0 Å². The van der Waals surface area contributed by atoms with Gasteiger partial charge in [-0.3, -0.25) is 0 Å². The number of fused-ring (bicyclic) bond motifs is 1. The summed E-state index contributed by atoms with van der Waals surface area (Å²) < 4.78 is 5.58. The lowest BCUT2D eigenvalue weighted by Gasteiger charge is -2.05. The van der Waals surface area contributed by atoms with E-state index in [0.717, 1.165) is 23.8 Å². The van der Waals surface area contributed by atoms with Crippen LogP contribution in [0.1, 0.15) is 31.1 Å². The van der Waals surface area contributed by atoms with Gasteiger partial charge in [0, 0.05) is 5.39 Å². The van der Waals surface area contributed by atoms with Gasteiger partial charge in [-0.1, -0.05) is 24.3 Å². The number of benzene rings is 1. The largest absolute Gasteiger partial charge is 0.458 e. The zero-order valence-corrected chi connectivity index (χ0v) is 9.23. The zero-order chi connectivity index (χ0) is 11.4. The maximum Gasteiger partial charge on any atom is 0.134 e. The van der Waals surface area contributed by atoms with E-state index in [1.165, 1.54) is 0 Å². The minimum absolute atomic E-state index is 0.507. The number of unbranched alkanes of at least 4 members (excludes halogenated alkanes) is 1. The van der Waals surface area contributed by atoms with Gasteiger partial charge in [-0.15, -0.1) is 6.58 Å². The molecule has 0 aliphatic heterocycles. The van der Waals surface area contributed by atoms with Gasteiger partial charge in [0.25, 0.3) is 0 Å². The number of hydrogen-bond donors (Lipinski definition) is 1. The first-order valence-electron chi connectivity index (χ1n) is 5.58. The zero-order valence-electron chi connectivity index (χ0n) is 9.23. The highest BCUT2D eigenvalue weighted by atomic mass is 16.4. The van der Waals surface area contributed by atoms with Crippen molar-refractivity contribution in [3.8, 4) is 0 Å². The Labute approximate surface area is 95.2 Å². The van der Waals surface area contributed by atoms with E-state index in [1.807, 2.05) is 36.4 Å². The van der Waals surface area contributed by atoms with Crippen LogP contribution in [0.25, 0.3) is 11.0 Å². The second-order valence-electron chi connectivity index (χ2n) is 3.92. The molecule has 0 aliphatic carbocycles. The first kappa shape index (κ1) is 11.0. The van der Waals surface area contributed by atoms with Crippen LogP contribution in [0.2, 0.25) is 0 Å². The molecule has 1 aromatic carbocycles. The van der Waals surface area contributed by atoms with Crippen LogP contribution in [0.4, 0.5) is 0 Å². The molecular weight excluding hydrogens is 200 g/mol. The van der Waals surface area contributed by atoms with Crippen LogP contribution >= 0.6 is 0 Å². The van der Waals surface area contributed by atoms with Crippen LogP contribution in [0.5, 0.6) is 0 Å². The summed E-state index contributed by atoms with van der Waals surface area (Å²) >= 11 is 0. The Kier molecular flexibility index (Phi) is 3.42. The molecule has 1 N–H and O–H groups in total. The second kappa shape index (κ2) is 4.99. The number of furan rings is 1. The Balaban J connectivity index is 2.10. The smallest absolute Gasteiger partial charge is 0.134 e. The van der Waals surface area contributed by atoms with Gasteiger partial charge >= 0.3 is 0 Å². The van der Waals surface area contributed by atoms with Gasteiger partial charge in [0.1, 0.15) is 17.4 Å². The molecule has 2 heteroatoms. The summed E-state index contributed by atoms with van der Waals surface area (Å²) in [6.45, 7) is 3.66. The molecule has 1 heterocycles. The number of hydrogen-bond acceptors (Lipinski definition) is 2. The van der Waals surface area contributed by atoms with Gasteiger partial charge in [0.05, 0.1) is 0 Å². The van der Waals surface area contributed by atoms with Gasteiger partial charge in [0.2, 0.25) is 0 Å². The number of rotatable bonds is 5. The van der Waals surface area contributed by atoms with Crippen molar-refractivity contribution in [2.45, 2.75) is 25.4 Å². The molecule has 0 fully saturated rings. The SMILES string of the molecule is C=CCCCC(O)c1cc2ccccc2o1. The summed E-state index contributed by atoms with van der Waals surface area (Å²) in [6.07, 6.45) is 3.93. The maximum atomic E-state index is 9.92. The van der Waals surface area contributed by atoms with Gasteiger partial charge in [-0.05, 0) is 31.4 Å². The Bertz CT molecular complexity index is 437. The monoisotopic (exact) mass is 216 g/mol. The molecule has 2 nitrogen and oxygen atoms in total. The Morgan fingerprint density at radius 1 is 1.38 bits per heavy atom. The van der Waals surface area contributed by atoms with E-state index >= 15 is 0 Å². The van der Waals surface area contributed by atoms with Crippen LogP contribution < -0.4 is 0 Å². The highest BCUT2D eigenvalue weighted by Gasteiger charge is 2.12. The van der Waals surface area contributed by atoms with Gasteiger partial charge in [-0.2, -0.15) is 0 Å². The summed E-state index contributed by atoms with van der Waals surface area (Å²) in [5.41, 5.74) is 0.834. The van der Waals surface area contributed by atoms with Crippen molar-refractivity contribution in [3.05, 3.63) is 48.7 Å². The van der Waals surface area contributed by atoms with Gasteiger partial charge in [0.15, 0.2) is 0 Å². The molecule has 2 rings (SSSR count). The van der Waals surface area contributed by atoms with E-state index in [1.54, 1.807) is 0 Å². The molecule has 1 aromatic heterocycles. The molecule has 16 heavy (non-hydrogen) atoms. The average molecular weight is 216 g/mol. The van der Waals surface area contributed by atoms with Crippen molar-refractivity contribution in [3.63, 3.8) is 0 Å². The fourth-order valence-electron chi connectivity index (χ4n) is 1.76. The maximum absolute atomic E-state index is 9.92. The van der Waals surface area contributed by atoms with Crippen LogP contribution in [0.15, 0.2) is 47.4 Å². The van der Waals surface area contributed by atoms with E-state index in [2.05, 4.69) is 6.58 Å². The average Bonchev–Trinajstić information content (AvgIpc) is 2.73. The highest BCUT2D eigenvalue weighted by Crippen LogP contribution is 2.26. The lowest BCUT2D eigenvalue weighted by Crippen LogP contribution is -1.94. The summed E-state index contributed by atoms with van der Waals surface area (Å²) in [5, 5.41) is 11.0. The summed E-state index contributed by atoms with van der Waals surface area (Å²) in [7, 11) is 0. The molecule has 0 radical (unpaired) electrons. The van der Waals surface area contributed by atoms with Gasteiger partial charge in [-0.25, -0.2) is 0 Å². The minimum Gasteiger partial charge on any atom is -0.458 e. The third-order valence-corrected chi connectivity index (χ3v) is 2.66. The number of allylic oxidation sites excluding steroid dienone is 1. The fourth-order valence-corrected chi connectivity index (χ4v) is 1.76. The lowest BCUT2D eigenvalue weighted by atomic mass is 10.1. The summed E-state index contributed by atoms with van der Waals surface area (Å²) in [4.78, 5) is 0. The first-order valence-corrected chi connectivity index (χ1v) is 5.58. The third kappa shape index (κ3) is 2.34. The second-order valence-corrected chi connectivity index (χ2v) is 3.92. The van der Waals surface area contributed by atoms with Crippen LogP contribution in [-0.4, -0.2) is 5.11 Å². The minimum atomic E-state index is -0.507. The molecule has 84 valence electrons. The first-order chi connectivity index (χ1) is 7.81. The predicted octanol–water partition coefficient (Wildman–Crippen LogP) is 3.82. The molecule has 0 saturated heterocycles. The Morgan fingerprint density at radius 2 is 2.19 bits per heavy atom. The summed E-state index contributed by atoms with van der Waals surface area (Å²) in [5.74, 6) is 0.658. The molecule has 0 bridgehead atoms. The molecular formula is C14H16O2. The lowest BCUT2D eigenvalue weighted by molar-refractivity contribution is 0.140. The van der Waals surface area contributed by atoms with Crippen molar-refractivity contribution in [1.29, 1.82) is 0 Å². The van der Waals surface area contributed by atoms with Crippen molar-refractivity contribution in [1.82, 2.24) is 0 Å². The number of para-hydroxylation sites is 1. The normalized spacial score (nSPS) is 12.8. The number of aliphatic hydroxyl groups is 1. The van der Waals surface area contributed by atoms with Crippen molar-refractivity contribution in [2.75, 3.05) is 0 Å². The van der Waals surface area contributed by atoms with Crippen molar-refractivity contribution < 1.29 is 9.52 Å². The molecule has 1 unspecified atom stereocenters. The van der Waals surface area contributed by atoms with Crippen LogP contribution in [0, 0.1) is 0 Å². The van der Waals surface area contributed by atoms with E-state index in [-0.39, 0.29) is 0 Å². The van der Waals surface area contributed by atoms with E-state index in [0.29, 0.717) is 12.2 Å². The molecule has 2 aromatic rings. The predicted molar refractivity (Wildman–Crippen MR) is 65.2 cm³/mol. The van der Waals surface area contributed by atoms with E-state index < -0.39 is 6.10 Å². The Morgan fingerprint density at radius 3 is 2.94 bits per heavy atom. The van der Waals surface area contributed by atoms with Crippen LogP contribution in [0.3, 0.4) is 0 Å². The molecule has 0 aliphatic rings. The van der Waals surface area contributed by atoms with Crippen molar-refractivity contribution >= 4 is 11.0 Å². The quantitative estimate of drug-likeness (QED) is 0.608. The van der Waals surface area contributed by atoms with Gasteiger partial charge < -0.3 is 9.52 Å². The third-order valence-electron chi connectivity index (χ3n) is 2.66. The van der Waals surface area contributed by atoms with E-state index in [4.69, 9.17) is 4.42 Å². The topological polar surface area (TPSA) is 33.4 Å². The van der Waals surface area contributed by atoms with Crippen LogP contribution in [-0.2, 0) is 0 Å². The number of aliphatic hydroxyl groups excluding tert-OH is 1.